The molecule has 0 amide bonds. The Morgan fingerprint density at radius 2 is 2.10 bits per heavy atom. The number of carbonyl (C=O) groups is 1. The summed E-state index contributed by atoms with van der Waals surface area (Å²) in [6.45, 7) is 1.49. The van der Waals surface area contributed by atoms with Gasteiger partial charge < -0.3 is 19.9 Å². The van der Waals surface area contributed by atoms with E-state index in [-0.39, 0.29) is 36.1 Å². The van der Waals surface area contributed by atoms with Gasteiger partial charge in [-0.15, -0.1) is 21.2 Å². The quantitative estimate of drug-likeness (QED) is 0.859. The Hall–Kier alpha value is -1.67. The predicted octanol–water partition coefficient (Wildman–Crippen LogP) is 2.33. The molecule has 1 aliphatic heterocycles. The molecule has 5 nitrogen and oxygen atoms in total. The summed E-state index contributed by atoms with van der Waals surface area (Å²) in [6, 6.07) is 2.35. The zero-order valence-corrected chi connectivity index (χ0v) is 11.7. The summed E-state index contributed by atoms with van der Waals surface area (Å²) in [4.78, 5) is 11.3. The van der Waals surface area contributed by atoms with Crippen LogP contribution in [0.3, 0.4) is 0 Å². The van der Waals surface area contributed by atoms with Crippen LogP contribution in [0.2, 0.25) is 0 Å². The Morgan fingerprint density at radius 3 is 2.71 bits per heavy atom. The fourth-order valence-corrected chi connectivity index (χ4v) is 1.78. The number of halogens is 4. The molecule has 118 valence electrons. The first kappa shape index (κ1) is 17.4. The third-order valence-corrected chi connectivity index (χ3v) is 2.65. The van der Waals surface area contributed by atoms with Crippen LogP contribution in [0, 0.1) is 0 Å². The minimum Gasteiger partial charge on any atom is -0.464 e. The van der Waals surface area contributed by atoms with Crippen LogP contribution in [0.4, 0.5) is 13.2 Å². The number of rotatable bonds is 4. The maximum atomic E-state index is 13.8. The maximum Gasteiger partial charge on any atom is 0.586 e. The van der Waals surface area contributed by atoms with Gasteiger partial charge in [-0.05, 0) is 13.0 Å². The summed E-state index contributed by atoms with van der Waals surface area (Å²) in [5.41, 5.74) is 5.48. The van der Waals surface area contributed by atoms with Crippen molar-refractivity contribution in [3.8, 4) is 11.5 Å². The number of alkyl halides is 3. The molecule has 0 radical (unpaired) electrons. The number of esters is 1. The molecule has 0 fully saturated rings. The first-order valence-electron chi connectivity index (χ1n) is 5.80. The highest BCUT2D eigenvalue weighted by Gasteiger charge is 2.45. The van der Waals surface area contributed by atoms with Gasteiger partial charge in [0.2, 0.25) is 6.17 Å². The van der Waals surface area contributed by atoms with Crippen molar-refractivity contribution in [3.63, 3.8) is 0 Å². The fraction of sp³-hybridized carbons (Fsp3) is 0.417. The van der Waals surface area contributed by atoms with Gasteiger partial charge in [-0.25, -0.2) is 9.18 Å². The number of nitrogens with two attached hydrogens (primary N) is 1. The Balaban J connectivity index is 0.00000220. The van der Waals surface area contributed by atoms with E-state index in [4.69, 9.17) is 5.73 Å². The number of hydrogen-bond donors (Lipinski definition) is 1. The van der Waals surface area contributed by atoms with Crippen LogP contribution in [0.15, 0.2) is 18.2 Å². The normalized spacial score (nSPS) is 17.6. The SMILES string of the molecule is CCOC(=O)C(F)[C@@H](N)c1cccc2c1OC(F)(F)O2.Cl. The van der Waals surface area contributed by atoms with Gasteiger partial charge >= 0.3 is 12.3 Å². The van der Waals surface area contributed by atoms with Crippen molar-refractivity contribution in [1.82, 2.24) is 0 Å². The largest absolute Gasteiger partial charge is 0.586 e. The lowest BCUT2D eigenvalue weighted by molar-refractivity contribution is -0.287. The van der Waals surface area contributed by atoms with E-state index in [1.165, 1.54) is 25.1 Å². The molecule has 1 aromatic rings. The van der Waals surface area contributed by atoms with E-state index in [0.29, 0.717) is 0 Å². The second-order valence-corrected chi connectivity index (χ2v) is 4.02. The van der Waals surface area contributed by atoms with Crippen molar-refractivity contribution >= 4 is 18.4 Å². The molecule has 0 aromatic heterocycles. The molecule has 1 heterocycles. The topological polar surface area (TPSA) is 70.8 Å². The average molecular weight is 328 g/mol. The van der Waals surface area contributed by atoms with E-state index in [0.717, 1.165) is 0 Å². The summed E-state index contributed by atoms with van der Waals surface area (Å²) in [5, 5.41) is 0. The lowest BCUT2D eigenvalue weighted by Gasteiger charge is -2.17. The summed E-state index contributed by atoms with van der Waals surface area (Å²) >= 11 is 0. The van der Waals surface area contributed by atoms with E-state index in [9.17, 15) is 18.0 Å². The number of fused-ring (bicyclic) bond motifs is 1. The van der Waals surface area contributed by atoms with Gasteiger partial charge in [0, 0.05) is 5.56 Å². The van der Waals surface area contributed by atoms with Crippen molar-refractivity contribution in [2.24, 2.45) is 5.73 Å². The second-order valence-electron chi connectivity index (χ2n) is 4.02. The van der Waals surface area contributed by atoms with E-state index in [1.807, 2.05) is 0 Å². The minimum absolute atomic E-state index is 0. The molecule has 0 bridgehead atoms. The van der Waals surface area contributed by atoms with Crippen LogP contribution >= 0.6 is 12.4 Å². The third-order valence-electron chi connectivity index (χ3n) is 2.65. The van der Waals surface area contributed by atoms with Crippen molar-refractivity contribution in [1.29, 1.82) is 0 Å². The monoisotopic (exact) mass is 327 g/mol. The summed E-state index contributed by atoms with van der Waals surface area (Å²) < 4.78 is 52.8. The lowest BCUT2D eigenvalue weighted by Crippen LogP contribution is -2.32. The molecule has 0 aliphatic carbocycles. The molecule has 2 rings (SSSR count). The highest BCUT2D eigenvalue weighted by molar-refractivity contribution is 5.85. The third kappa shape index (κ3) is 3.51. The van der Waals surface area contributed by atoms with E-state index < -0.39 is 24.5 Å². The highest BCUT2D eigenvalue weighted by Crippen LogP contribution is 2.45. The van der Waals surface area contributed by atoms with Crippen molar-refractivity contribution in [2.75, 3.05) is 6.61 Å². The molecule has 0 saturated carbocycles. The maximum absolute atomic E-state index is 13.8. The summed E-state index contributed by atoms with van der Waals surface area (Å²) in [6.07, 6.45) is -6.03. The van der Waals surface area contributed by atoms with Gasteiger partial charge in [-0.3, -0.25) is 0 Å². The molecule has 0 spiro atoms. The van der Waals surface area contributed by atoms with Crippen molar-refractivity contribution in [2.45, 2.75) is 25.4 Å². The molecule has 1 aliphatic rings. The molecule has 0 saturated heterocycles. The molecule has 1 aromatic carbocycles. The Kier molecular flexibility index (Phi) is 5.30. The van der Waals surface area contributed by atoms with Crippen molar-refractivity contribution in [3.05, 3.63) is 23.8 Å². The van der Waals surface area contributed by atoms with Crippen LogP contribution in [-0.4, -0.2) is 25.0 Å². The van der Waals surface area contributed by atoms with E-state index in [1.54, 1.807) is 0 Å². The molecular weight excluding hydrogens is 315 g/mol. The van der Waals surface area contributed by atoms with Crippen LogP contribution < -0.4 is 15.2 Å². The average Bonchev–Trinajstić information content (AvgIpc) is 2.70. The van der Waals surface area contributed by atoms with E-state index in [2.05, 4.69) is 14.2 Å². The first-order chi connectivity index (χ1) is 9.35. The van der Waals surface area contributed by atoms with Gasteiger partial charge in [0.05, 0.1) is 12.6 Å². The molecule has 9 heteroatoms. The van der Waals surface area contributed by atoms with Crippen LogP contribution in [0.5, 0.6) is 11.5 Å². The first-order valence-corrected chi connectivity index (χ1v) is 5.80. The Bertz CT molecular complexity index is 529. The summed E-state index contributed by atoms with van der Waals surface area (Å²) in [5.74, 6) is -1.81. The number of hydrogen-bond acceptors (Lipinski definition) is 5. The Morgan fingerprint density at radius 1 is 1.43 bits per heavy atom. The minimum atomic E-state index is -3.84. The smallest absolute Gasteiger partial charge is 0.464 e. The van der Waals surface area contributed by atoms with Crippen LogP contribution in [0.1, 0.15) is 18.5 Å². The second kappa shape index (κ2) is 6.40. The molecule has 2 atom stereocenters. The number of ether oxygens (including phenoxy) is 3. The van der Waals surface area contributed by atoms with Crippen molar-refractivity contribution < 1.29 is 32.2 Å². The van der Waals surface area contributed by atoms with Gasteiger partial charge in [0.15, 0.2) is 11.5 Å². The van der Waals surface area contributed by atoms with E-state index >= 15 is 0 Å². The number of benzene rings is 1. The predicted molar refractivity (Wildman–Crippen MR) is 68.4 cm³/mol. The fourth-order valence-electron chi connectivity index (χ4n) is 1.78. The zero-order valence-electron chi connectivity index (χ0n) is 10.8. The molecular formula is C12H13ClF3NO4. The van der Waals surface area contributed by atoms with Crippen LogP contribution in [-0.2, 0) is 9.53 Å². The number of para-hydroxylation sites is 1. The Labute approximate surface area is 124 Å². The molecule has 1 unspecified atom stereocenters. The lowest BCUT2D eigenvalue weighted by atomic mass is 10.0. The molecule has 2 N–H and O–H groups in total. The zero-order chi connectivity index (χ0) is 14.9. The van der Waals surface area contributed by atoms with Crippen LogP contribution in [0.25, 0.3) is 0 Å². The van der Waals surface area contributed by atoms with Gasteiger partial charge in [-0.1, -0.05) is 12.1 Å². The molecule has 21 heavy (non-hydrogen) atoms. The number of carbonyl (C=O) groups excluding carboxylic acids is 1. The van der Waals surface area contributed by atoms with Gasteiger partial charge in [0.1, 0.15) is 0 Å². The highest BCUT2D eigenvalue weighted by atomic mass is 35.5. The standard InChI is InChI=1S/C12H12F3NO4.ClH/c1-2-18-11(17)8(13)9(16)6-4-3-5-7-10(6)20-12(14,15)19-7;/h3-5,8-9H,2,16H2,1H3;1H/t8?,9-;/m0./s1. The summed E-state index contributed by atoms with van der Waals surface area (Å²) in [7, 11) is 0. The van der Waals surface area contributed by atoms with Gasteiger partial charge in [0.25, 0.3) is 0 Å². The van der Waals surface area contributed by atoms with Gasteiger partial charge in [-0.2, -0.15) is 0 Å².